The SMILES string of the molecule is COC(=O)C(Cc1cccc(O)c1Cl)NC(=O)c1ccccc1. The lowest BCUT2D eigenvalue weighted by Gasteiger charge is -2.17. The number of rotatable bonds is 5. The normalized spacial score (nSPS) is 11.6. The average molecular weight is 334 g/mol. The Morgan fingerprint density at radius 2 is 1.87 bits per heavy atom. The van der Waals surface area contributed by atoms with Crippen LogP contribution in [0.5, 0.6) is 5.75 Å². The summed E-state index contributed by atoms with van der Waals surface area (Å²) in [5, 5.41) is 12.4. The number of nitrogens with one attached hydrogen (secondary N) is 1. The molecule has 5 nitrogen and oxygen atoms in total. The fraction of sp³-hybridized carbons (Fsp3) is 0.176. The monoisotopic (exact) mass is 333 g/mol. The summed E-state index contributed by atoms with van der Waals surface area (Å²) in [6, 6.07) is 12.4. The molecule has 2 aromatic carbocycles. The summed E-state index contributed by atoms with van der Waals surface area (Å²) in [6.45, 7) is 0. The van der Waals surface area contributed by atoms with E-state index in [1.165, 1.54) is 13.2 Å². The fourth-order valence-corrected chi connectivity index (χ4v) is 2.31. The Kier molecular flexibility index (Phi) is 5.60. The van der Waals surface area contributed by atoms with Gasteiger partial charge in [-0.05, 0) is 23.8 Å². The first-order valence-corrected chi connectivity index (χ1v) is 7.31. The van der Waals surface area contributed by atoms with Crippen molar-refractivity contribution < 1.29 is 19.4 Å². The Labute approximate surface area is 138 Å². The minimum Gasteiger partial charge on any atom is -0.506 e. The molecule has 0 radical (unpaired) electrons. The van der Waals surface area contributed by atoms with Crippen LogP contribution in [0.2, 0.25) is 5.02 Å². The Morgan fingerprint density at radius 1 is 1.17 bits per heavy atom. The number of halogens is 1. The smallest absolute Gasteiger partial charge is 0.328 e. The maximum absolute atomic E-state index is 12.2. The van der Waals surface area contributed by atoms with Crippen LogP contribution in [-0.4, -0.2) is 30.1 Å². The Bertz CT molecular complexity index is 703. The Morgan fingerprint density at radius 3 is 2.52 bits per heavy atom. The molecule has 1 unspecified atom stereocenters. The number of hydrogen-bond acceptors (Lipinski definition) is 4. The molecule has 2 N–H and O–H groups in total. The number of methoxy groups -OCH3 is 1. The molecule has 1 atom stereocenters. The zero-order chi connectivity index (χ0) is 16.8. The van der Waals surface area contributed by atoms with Crippen molar-refractivity contribution in [3.8, 4) is 5.75 Å². The second-order valence-electron chi connectivity index (χ2n) is 4.87. The van der Waals surface area contributed by atoms with E-state index in [9.17, 15) is 14.7 Å². The third kappa shape index (κ3) is 4.23. The molecule has 0 aliphatic rings. The molecule has 1 amide bonds. The molecule has 0 aromatic heterocycles. The quantitative estimate of drug-likeness (QED) is 0.825. The highest BCUT2D eigenvalue weighted by Gasteiger charge is 2.24. The topological polar surface area (TPSA) is 75.6 Å². The first-order valence-electron chi connectivity index (χ1n) is 6.93. The molecule has 6 heteroatoms. The highest BCUT2D eigenvalue weighted by atomic mass is 35.5. The summed E-state index contributed by atoms with van der Waals surface area (Å²) in [7, 11) is 1.24. The number of carbonyl (C=O) groups is 2. The minimum absolute atomic E-state index is 0.0813. The lowest BCUT2D eigenvalue weighted by atomic mass is 10.0. The number of hydrogen-bond donors (Lipinski definition) is 2. The van der Waals surface area contributed by atoms with E-state index in [0.717, 1.165) is 0 Å². The van der Waals surface area contributed by atoms with E-state index in [-0.39, 0.29) is 17.2 Å². The van der Waals surface area contributed by atoms with Gasteiger partial charge in [-0.1, -0.05) is 41.9 Å². The van der Waals surface area contributed by atoms with Gasteiger partial charge in [-0.3, -0.25) is 4.79 Å². The number of amides is 1. The van der Waals surface area contributed by atoms with Gasteiger partial charge < -0.3 is 15.2 Å². The van der Waals surface area contributed by atoms with Crippen LogP contribution in [0.3, 0.4) is 0 Å². The second-order valence-corrected chi connectivity index (χ2v) is 5.25. The molecule has 2 rings (SSSR count). The van der Waals surface area contributed by atoms with Crippen molar-refractivity contribution in [2.75, 3.05) is 7.11 Å². The fourth-order valence-electron chi connectivity index (χ4n) is 2.11. The standard InChI is InChI=1S/C17H16ClNO4/c1-23-17(22)13(10-12-8-5-9-14(20)15(12)18)19-16(21)11-6-3-2-4-7-11/h2-9,13,20H,10H2,1H3,(H,19,21). The Hall–Kier alpha value is -2.53. The van der Waals surface area contributed by atoms with Gasteiger partial charge in [0.25, 0.3) is 5.91 Å². The first-order chi connectivity index (χ1) is 11.0. The van der Waals surface area contributed by atoms with Crippen molar-refractivity contribution in [2.45, 2.75) is 12.5 Å². The molecule has 0 saturated heterocycles. The van der Waals surface area contributed by atoms with Gasteiger partial charge in [0.05, 0.1) is 12.1 Å². The lowest BCUT2D eigenvalue weighted by molar-refractivity contribution is -0.142. The molecule has 0 heterocycles. The highest BCUT2D eigenvalue weighted by Crippen LogP contribution is 2.27. The van der Waals surface area contributed by atoms with E-state index in [4.69, 9.17) is 16.3 Å². The van der Waals surface area contributed by atoms with Gasteiger partial charge in [0.1, 0.15) is 11.8 Å². The van der Waals surface area contributed by atoms with Gasteiger partial charge in [0.2, 0.25) is 0 Å². The van der Waals surface area contributed by atoms with Crippen LogP contribution < -0.4 is 5.32 Å². The Balaban J connectivity index is 2.19. The molecule has 0 aliphatic carbocycles. The predicted octanol–water partition coefficient (Wildman–Crippen LogP) is 2.56. The third-order valence-electron chi connectivity index (χ3n) is 3.31. The molecular weight excluding hydrogens is 318 g/mol. The van der Waals surface area contributed by atoms with Crippen LogP contribution in [0.25, 0.3) is 0 Å². The number of ether oxygens (including phenoxy) is 1. The second kappa shape index (κ2) is 7.65. The molecule has 23 heavy (non-hydrogen) atoms. The molecule has 0 bridgehead atoms. The number of aromatic hydroxyl groups is 1. The van der Waals surface area contributed by atoms with Crippen LogP contribution in [0.1, 0.15) is 15.9 Å². The van der Waals surface area contributed by atoms with Gasteiger partial charge in [-0.15, -0.1) is 0 Å². The van der Waals surface area contributed by atoms with Crippen LogP contribution in [0.4, 0.5) is 0 Å². The van der Waals surface area contributed by atoms with Crippen molar-refractivity contribution in [1.29, 1.82) is 0 Å². The van der Waals surface area contributed by atoms with E-state index in [2.05, 4.69) is 5.32 Å². The van der Waals surface area contributed by atoms with Crippen LogP contribution in [-0.2, 0) is 16.0 Å². The van der Waals surface area contributed by atoms with Crippen molar-refractivity contribution in [3.05, 3.63) is 64.7 Å². The summed E-state index contributed by atoms with van der Waals surface area (Å²) < 4.78 is 4.73. The molecule has 0 spiro atoms. The van der Waals surface area contributed by atoms with Crippen molar-refractivity contribution in [3.63, 3.8) is 0 Å². The molecule has 2 aromatic rings. The zero-order valence-corrected chi connectivity index (χ0v) is 13.2. The largest absolute Gasteiger partial charge is 0.506 e. The van der Waals surface area contributed by atoms with Crippen molar-refractivity contribution in [1.82, 2.24) is 5.32 Å². The first kappa shape index (κ1) is 16.8. The number of carbonyl (C=O) groups excluding carboxylic acids is 2. The number of phenolic OH excluding ortho intramolecular Hbond substituents is 1. The number of phenols is 1. The lowest BCUT2D eigenvalue weighted by Crippen LogP contribution is -2.43. The summed E-state index contributed by atoms with van der Waals surface area (Å²) in [6.07, 6.45) is 0.110. The van der Waals surface area contributed by atoms with Crippen molar-refractivity contribution >= 4 is 23.5 Å². The summed E-state index contributed by atoms with van der Waals surface area (Å²) in [5.41, 5.74) is 0.971. The van der Waals surface area contributed by atoms with E-state index in [0.29, 0.717) is 11.1 Å². The van der Waals surface area contributed by atoms with E-state index < -0.39 is 17.9 Å². The van der Waals surface area contributed by atoms with Gasteiger partial charge in [-0.2, -0.15) is 0 Å². The van der Waals surface area contributed by atoms with Gasteiger partial charge in [0.15, 0.2) is 0 Å². The molecule has 120 valence electrons. The third-order valence-corrected chi connectivity index (χ3v) is 3.75. The molecule has 0 aliphatic heterocycles. The van der Waals surface area contributed by atoms with Crippen molar-refractivity contribution in [2.24, 2.45) is 0 Å². The van der Waals surface area contributed by atoms with Gasteiger partial charge >= 0.3 is 5.97 Å². The van der Waals surface area contributed by atoms with Gasteiger partial charge in [-0.25, -0.2) is 4.79 Å². The highest BCUT2D eigenvalue weighted by molar-refractivity contribution is 6.32. The predicted molar refractivity (Wildman–Crippen MR) is 86.5 cm³/mol. The maximum atomic E-state index is 12.2. The molecule has 0 saturated carbocycles. The molecular formula is C17H16ClNO4. The molecule has 0 fully saturated rings. The average Bonchev–Trinajstić information content (AvgIpc) is 2.58. The zero-order valence-electron chi connectivity index (χ0n) is 12.5. The minimum atomic E-state index is -0.910. The number of benzene rings is 2. The maximum Gasteiger partial charge on any atom is 0.328 e. The summed E-state index contributed by atoms with van der Waals surface area (Å²) >= 11 is 6.02. The van der Waals surface area contributed by atoms with Crippen LogP contribution >= 0.6 is 11.6 Å². The summed E-state index contributed by atoms with van der Waals surface area (Å²) in [5.74, 6) is -1.06. The summed E-state index contributed by atoms with van der Waals surface area (Å²) in [4.78, 5) is 24.2. The van der Waals surface area contributed by atoms with Crippen LogP contribution in [0.15, 0.2) is 48.5 Å². The number of esters is 1. The van der Waals surface area contributed by atoms with E-state index in [1.807, 2.05) is 0 Å². The van der Waals surface area contributed by atoms with E-state index in [1.54, 1.807) is 42.5 Å². The van der Waals surface area contributed by atoms with Gasteiger partial charge in [0, 0.05) is 12.0 Å². The van der Waals surface area contributed by atoms with E-state index >= 15 is 0 Å². The van der Waals surface area contributed by atoms with Crippen LogP contribution in [0, 0.1) is 0 Å².